The van der Waals surface area contributed by atoms with Gasteiger partial charge in [-0.2, -0.15) is 0 Å². The van der Waals surface area contributed by atoms with E-state index < -0.39 is 0 Å². The van der Waals surface area contributed by atoms with Crippen LogP contribution < -0.4 is 4.90 Å². The Balaban J connectivity index is 2.18. The summed E-state index contributed by atoms with van der Waals surface area (Å²) < 4.78 is 0. The lowest BCUT2D eigenvalue weighted by atomic mass is 10.1. The molecule has 2 heterocycles. The zero-order valence-corrected chi connectivity index (χ0v) is 9.76. The van der Waals surface area contributed by atoms with Crippen LogP contribution in [0.25, 0.3) is 0 Å². The molecule has 4 nitrogen and oxygen atoms in total. The van der Waals surface area contributed by atoms with E-state index >= 15 is 0 Å². The van der Waals surface area contributed by atoms with Crippen molar-refractivity contribution < 1.29 is 4.79 Å². The number of rotatable bonds is 3. The van der Waals surface area contributed by atoms with E-state index in [2.05, 4.69) is 11.1 Å². The van der Waals surface area contributed by atoms with Gasteiger partial charge in [0.2, 0.25) is 6.41 Å². The fraction of sp³-hybridized carbons (Fsp3) is 0.500. The summed E-state index contributed by atoms with van der Waals surface area (Å²) in [6.07, 6.45) is 4.94. The van der Waals surface area contributed by atoms with Gasteiger partial charge in [-0.15, -0.1) is 0 Å². The lowest BCUT2D eigenvalue weighted by molar-refractivity contribution is -0.118. The van der Waals surface area contributed by atoms with Crippen molar-refractivity contribution in [1.29, 1.82) is 0 Å². The Hall–Kier alpha value is -1.58. The number of pyridine rings is 1. The predicted molar refractivity (Wildman–Crippen MR) is 63.3 cm³/mol. The van der Waals surface area contributed by atoms with Crippen LogP contribution in [0.15, 0.2) is 18.3 Å². The van der Waals surface area contributed by atoms with E-state index in [0.717, 1.165) is 37.2 Å². The van der Waals surface area contributed by atoms with E-state index in [-0.39, 0.29) is 6.04 Å². The van der Waals surface area contributed by atoms with Gasteiger partial charge in [-0.1, -0.05) is 6.07 Å². The Labute approximate surface area is 95.9 Å². The summed E-state index contributed by atoms with van der Waals surface area (Å²) in [6.45, 7) is 0.865. The van der Waals surface area contributed by atoms with Crippen LogP contribution >= 0.6 is 0 Å². The largest absolute Gasteiger partial charge is 0.363 e. The van der Waals surface area contributed by atoms with E-state index in [0.29, 0.717) is 0 Å². The molecule has 0 unspecified atom stereocenters. The summed E-state index contributed by atoms with van der Waals surface area (Å²) in [5.74, 6) is 0.944. The van der Waals surface area contributed by atoms with Crippen LogP contribution in [0.4, 0.5) is 5.82 Å². The first-order chi connectivity index (χ1) is 7.72. The average Bonchev–Trinajstić information content (AvgIpc) is 2.77. The van der Waals surface area contributed by atoms with E-state index in [9.17, 15) is 4.79 Å². The van der Waals surface area contributed by atoms with Gasteiger partial charge in [0.1, 0.15) is 5.82 Å². The minimum absolute atomic E-state index is 0.223. The van der Waals surface area contributed by atoms with Crippen LogP contribution in [0.5, 0.6) is 0 Å². The molecule has 1 aromatic heterocycles. The van der Waals surface area contributed by atoms with Crippen molar-refractivity contribution >= 4 is 12.2 Å². The number of likely N-dealkylation sites (tertiary alicyclic amines) is 1. The Kier molecular flexibility index (Phi) is 3.08. The summed E-state index contributed by atoms with van der Waals surface area (Å²) in [6, 6.07) is 4.28. The molecule has 1 fully saturated rings. The summed E-state index contributed by atoms with van der Waals surface area (Å²) in [4.78, 5) is 19.1. The van der Waals surface area contributed by atoms with Crippen LogP contribution in [0.3, 0.4) is 0 Å². The molecule has 2 rings (SSSR count). The smallest absolute Gasteiger partial charge is 0.210 e. The molecule has 86 valence electrons. The van der Waals surface area contributed by atoms with E-state index in [1.165, 1.54) is 0 Å². The Morgan fingerprint density at radius 1 is 1.50 bits per heavy atom. The molecule has 1 aliphatic heterocycles. The third kappa shape index (κ3) is 2.01. The maximum atomic E-state index is 10.9. The molecule has 16 heavy (non-hydrogen) atoms. The highest BCUT2D eigenvalue weighted by Gasteiger charge is 2.24. The minimum atomic E-state index is 0.223. The fourth-order valence-corrected chi connectivity index (χ4v) is 2.13. The maximum Gasteiger partial charge on any atom is 0.210 e. The monoisotopic (exact) mass is 219 g/mol. The molecule has 0 bridgehead atoms. The molecular formula is C12H17N3O. The zero-order valence-electron chi connectivity index (χ0n) is 9.76. The molecule has 1 aromatic rings. The van der Waals surface area contributed by atoms with Crippen molar-refractivity contribution in [2.24, 2.45) is 0 Å². The maximum absolute atomic E-state index is 10.9. The van der Waals surface area contributed by atoms with Gasteiger partial charge in [0.05, 0.1) is 6.04 Å². The van der Waals surface area contributed by atoms with Gasteiger partial charge >= 0.3 is 0 Å². The molecule has 0 aliphatic carbocycles. The molecule has 0 spiro atoms. The minimum Gasteiger partial charge on any atom is -0.363 e. The molecular weight excluding hydrogens is 202 g/mol. The second kappa shape index (κ2) is 4.51. The number of aromatic nitrogens is 1. The number of carbonyl (C=O) groups is 1. The quantitative estimate of drug-likeness (QED) is 0.722. The first-order valence-electron chi connectivity index (χ1n) is 5.56. The van der Waals surface area contributed by atoms with Crippen molar-refractivity contribution in [1.82, 2.24) is 9.88 Å². The van der Waals surface area contributed by atoms with E-state index in [4.69, 9.17) is 0 Å². The topological polar surface area (TPSA) is 36.4 Å². The van der Waals surface area contributed by atoms with Crippen molar-refractivity contribution in [2.45, 2.75) is 18.9 Å². The van der Waals surface area contributed by atoms with Crippen molar-refractivity contribution in [2.75, 3.05) is 25.5 Å². The van der Waals surface area contributed by atoms with Crippen LogP contribution in [0.1, 0.15) is 24.4 Å². The van der Waals surface area contributed by atoms with Gasteiger partial charge in [-0.3, -0.25) is 4.79 Å². The van der Waals surface area contributed by atoms with Gasteiger partial charge in [0.25, 0.3) is 0 Å². The van der Waals surface area contributed by atoms with Gasteiger partial charge < -0.3 is 9.80 Å². The average molecular weight is 219 g/mol. The number of carbonyl (C=O) groups excluding carboxylic acids is 1. The van der Waals surface area contributed by atoms with Crippen LogP contribution in [-0.4, -0.2) is 36.9 Å². The summed E-state index contributed by atoms with van der Waals surface area (Å²) >= 11 is 0. The second-order valence-corrected chi connectivity index (χ2v) is 4.35. The molecule has 0 aromatic carbocycles. The number of amides is 1. The molecule has 1 saturated heterocycles. The molecule has 4 heteroatoms. The van der Waals surface area contributed by atoms with Crippen LogP contribution in [0.2, 0.25) is 0 Å². The standard InChI is InChI=1S/C12H17N3O/c1-14(2)12-6-5-10(8-13-12)11-4-3-7-15(11)9-16/h5-6,8-9,11H,3-4,7H2,1-2H3/t11-/m1/s1. The molecule has 1 atom stereocenters. The lowest BCUT2D eigenvalue weighted by Gasteiger charge is -2.20. The molecule has 0 N–H and O–H groups in total. The molecule has 1 amide bonds. The van der Waals surface area contributed by atoms with E-state index in [1.807, 2.05) is 36.2 Å². The fourth-order valence-electron chi connectivity index (χ4n) is 2.13. The van der Waals surface area contributed by atoms with Gasteiger partial charge in [-0.25, -0.2) is 4.98 Å². The normalized spacial score (nSPS) is 19.9. The third-order valence-electron chi connectivity index (χ3n) is 3.04. The molecule has 0 saturated carbocycles. The highest BCUT2D eigenvalue weighted by atomic mass is 16.1. The lowest BCUT2D eigenvalue weighted by Crippen LogP contribution is -2.21. The number of hydrogen-bond acceptors (Lipinski definition) is 3. The number of nitrogens with zero attached hydrogens (tertiary/aromatic N) is 3. The molecule has 1 aliphatic rings. The van der Waals surface area contributed by atoms with Gasteiger partial charge in [-0.05, 0) is 24.5 Å². The van der Waals surface area contributed by atoms with Gasteiger partial charge in [0, 0.05) is 26.8 Å². The zero-order chi connectivity index (χ0) is 11.5. The highest BCUT2D eigenvalue weighted by molar-refractivity contribution is 5.50. The third-order valence-corrected chi connectivity index (χ3v) is 3.04. The Morgan fingerprint density at radius 3 is 2.88 bits per heavy atom. The van der Waals surface area contributed by atoms with E-state index in [1.54, 1.807) is 0 Å². The SMILES string of the molecule is CN(C)c1ccc([C@H]2CCCN2C=O)cn1. The summed E-state index contributed by atoms with van der Waals surface area (Å²) in [5, 5.41) is 0. The Bertz CT molecular complexity index is 361. The highest BCUT2D eigenvalue weighted by Crippen LogP contribution is 2.30. The van der Waals surface area contributed by atoms with Crippen molar-refractivity contribution in [3.63, 3.8) is 0 Å². The van der Waals surface area contributed by atoms with Crippen molar-refractivity contribution in [3.8, 4) is 0 Å². The second-order valence-electron chi connectivity index (χ2n) is 4.35. The van der Waals surface area contributed by atoms with Crippen molar-refractivity contribution in [3.05, 3.63) is 23.9 Å². The number of hydrogen-bond donors (Lipinski definition) is 0. The predicted octanol–water partition coefficient (Wildman–Crippen LogP) is 1.44. The first kappa shape index (κ1) is 10.9. The molecule has 0 radical (unpaired) electrons. The van der Waals surface area contributed by atoms with Crippen LogP contribution in [0, 0.1) is 0 Å². The summed E-state index contributed by atoms with van der Waals surface area (Å²) in [7, 11) is 3.94. The summed E-state index contributed by atoms with van der Waals surface area (Å²) in [5.41, 5.74) is 1.13. The first-order valence-corrected chi connectivity index (χ1v) is 5.56. The van der Waals surface area contributed by atoms with Crippen LogP contribution in [-0.2, 0) is 4.79 Å². The number of anilines is 1. The van der Waals surface area contributed by atoms with Gasteiger partial charge in [0.15, 0.2) is 0 Å². The Morgan fingerprint density at radius 2 is 2.31 bits per heavy atom.